The molecule has 7 heteroatoms. The second-order valence-corrected chi connectivity index (χ2v) is 7.45. The summed E-state index contributed by atoms with van der Waals surface area (Å²) in [5, 5.41) is 2.79. The molecule has 0 aromatic heterocycles. The summed E-state index contributed by atoms with van der Waals surface area (Å²) in [7, 11) is -1.85. The van der Waals surface area contributed by atoms with E-state index in [4.69, 9.17) is 4.74 Å². The van der Waals surface area contributed by atoms with Gasteiger partial charge in [0.1, 0.15) is 5.75 Å². The monoisotopic (exact) mass is 362 g/mol. The first-order chi connectivity index (χ1) is 11.9. The van der Waals surface area contributed by atoms with Crippen LogP contribution in [0.5, 0.6) is 5.75 Å². The van der Waals surface area contributed by atoms with E-state index in [0.29, 0.717) is 12.2 Å². The molecule has 1 N–H and O–H groups in total. The minimum absolute atomic E-state index is 0.0815. The van der Waals surface area contributed by atoms with E-state index < -0.39 is 10.0 Å². The van der Waals surface area contributed by atoms with Crippen LogP contribution in [0, 0.1) is 0 Å². The fourth-order valence-corrected chi connectivity index (χ4v) is 3.24. The molecule has 1 amide bonds. The lowest BCUT2D eigenvalue weighted by atomic mass is 10.2. The molecule has 0 heterocycles. The minimum Gasteiger partial charge on any atom is -0.497 e. The molecule has 0 radical (unpaired) electrons. The molecular formula is C18H22N2O4S. The normalized spacial score (nSPS) is 11.0. The van der Waals surface area contributed by atoms with Crippen molar-refractivity contribution in [1.82, 2.24) is 5.32 Å². The fraction of sp³-hybridized carbons (Fsp3) is 0.278. The Balaban J connectivity index is 1.90. The van der Waals surface area contributed by atoms with E-state index in [0.717, 1.165) is 17.6 Å². The van der Waals surface area contributed by atoms with Gasteiger partial charge in [0.25, 0.3) is 0 Å². The standard InChI is InChI=1S/C18H22N2O4S/c1-24-17-10-8-15(9-11-17)14-19-18(21)12-13-20(25(2,22)23)16-6-4-3-5-7-16/h3-11H,12-14H2,1-2H3,(H,19,21). The minimum atomic E-state index is -3.45. The first kappa shape index (κ1) is 18.8. The molecule has 0 fully saturated rings. The molecule has 0 saturated heterocycles. The number of rotatable bonds is 8. The van der Waals surface area contributed by atoms with Gasteiger partial charge in [0.15, 0.2) is 0 Å². The van der Waals surface area contributed by atoms with Crippen molar-refractivity contribution in [2.45, 2.75) is 13.0 Å². The number of benzene rings is 2. The van der Waals surface area contributed by atoms with Gasteiger partial charge in [-0.15, -0.1) is 0 Å². The Hall–Kier alpha value is -2.54. The molecule has 0 spiro atoms. The third-order valence-corrected chi connectivity index (χ3v) is 4.83. The van der Waals surface area contributed by atoms with Crippen molar-refractivity contribution < 1.29 is 17.9 Å². The third-order valence-electron chi connectivity index (χ3n) is 3.64. The third kappa shape index (κ3) is 5.79. The van der Waals surface area contributed by atoms with E-state index in [1.54, 1.807) is 31.4 Å². The number of carbonyl (C=O) groups excluding carboxylic acids is 1. The maximum atomic E-state index is 12.0. The smallest absolute Gasteiger partial charge is 0.232 e. The predicted octanol–water partition coefficient (Wildman–Crippen LogP) is 2.17. The van der Waals surface area contributed by atoms with E-state index in [1.807, 2.05) is 30.3 Å². The molecular weight excluding hydrogens is 340 g/mol. The first-order valence-corrected chi connectivity index (χ1v) is 9.67. The van der Waals surface area contributed by atoms with Crippen molar-refractivity contribution in [2.24, 2.45) is 0 Å². The van der Waals surface area contributed by atoms with Crippen LogP contribution >= 0.6 is 0 Å². The molecule has 0 atom stereocenters. The van der Waals surface area contributed by atoms with Crippen LogP contribution in [-0.4, -0.2) is 34.2 Å². The van der Waals surface area contributed by atoms with Crippen LogP contribution in [0.25, 0.3) is 0 Å². The van der Waals surface area contributed by atoms with Crippen molar-refractivity contribution >= 4 is 21.6 Å². The van der Waals surface area contributed by atoms with Gasteiger partial charge in [0, 0.05) is 19.5 Å². The number of anilines is 1. The summed E-state index contributed by atoms with van der Waals surface area (Å²) in [6, 6.07) is 16.1. The number of hydrogen-bond donors (Lipinski definition) is 1. The maximum Gasteiger partial charge on any atom is 0.232 e. The lowest BCUT2D eigenvalue weighted by Gasteiger charge is -2.22. The van der Waals surface area contributed by atoms with E-state index in [2.05, 4.69) is 5.32 Å². The van der Waals surface area contributed by atoms with E-state index in [1.165, 1.54) is 4.31 Å². The number of carbonyl (C=O) groups is 1. The second kappa shape index (κ2) is 8.53. The summed E-state index contributed by atoms with van der Waals surface area (Å²) in [5.74, 6) is 0.544. The average molecular weight is 362 g/mol. The van der Waals surface area contributed by atoms with Gasteiger partial charge in [-0.1, -0.05) is 30.3 Å². The van der Waals surface area contributed by atoms with Crippen molar-refractivity contribution in [1.29, 1.82) is 0 Å². The molecule has 0 aliphatic heterocycles. The van der Waals surface area contributed by atoms with Gasteiger partial charge in [-0.05, 0) is 29.8 Å². The Morgan fingerprint density at radius 3 is 2.28 bits per heavy atom. The zero-order valence-corrected chi connectivity index (χ0v) is 15.1. The highest BCUT2D eigenvalue weighted by atomic mass is 32.2. The molecule has 25 heavy (non-hydrogen) atoms. The molecule has 0 saturated carbocycles. The second-order valence-electron chi connectivity index (χ2n) is 5.55. The van der Waals surface area contributed by atoms with Gasteiger partial charge in [-0.25, -0.2) is 8.42 Å². The molecule has 6 nitrogen and oxygen atoms in total. The number of methoxy groups -OCH3 is 1. The highest BCUT2D eigenvalue weighted by molar-refractivity contribution is 7.92. The van der Waals surface area contributed by atoms with E-state index >= 15 is 0 Å². The van der Waals surface area contributed by atoms with Gasteiger partial charge < -0.3 is 10.1 Å². The summed E-state index contributed by atoms with van der Waals surface area (Å²) in [6.07, 6.45) is 1.22. The van der Waals surface area contributed by atoms with Crippen LogP contribution in [0.15, 0.2) is 54.6 Å². The van der Waals surface area contributed by atoms with E-state index in [9.17, 15) is 13.2 Å². The molecule has 2 aromatic carbocycles. The van der Waals surface area contributed by atoms with Gasteiger partial charge in [-0.3, -0.25) is 9.10 Å². The largest absolute Gasteiger partial charge is 0.497 e. The number of ether oxygens (including phenoxy) is 1. The topological polar surface area (TPSA) is 75.7 Å². The van der Waals surface area contributed by atoms with Crippen LogP contribution in [0.3, 0.4) is 0 Å². The number of para-hydroxylation sites is 1. The molecule has 0 aliphatic carbocycles. The van der Waals surface area contributed by atoms with Crippen LogP contribution in [0.4, 0.5) is 5.69 Å². The van der Waals surface area contributed by atoms with Crippen molar-refractivity contribution in [3.8, 4) is 5.75 Å². The molecule has 2 rings (SSSR count). The molecule has 0 bridgehead atoms. The lowest BCUT2D eigenvalue weighted by Crippen LogP contribution is -2.34. The number of hydrogen-bond acceptors (Lipinski definition) is 4. The first-order valence-electron chi connectivity index (χ1n) is 7.82. The number of sulfonamides is 1. The molecule has 0 aliphatic rings. The highest BCUT2D eigenvalue weighted by Crippen LogP contribution is 2.17. The van der Waals surface area contributed by atoms with Gasteiger partial charge >= 0.3 is 0 Å². The van der Waals surface area contributed by atoms with E-state index in [-0.39, 0.29) is 18.9 Å². The fourth-order valence-electron chi connectivity index (χ4n) is 2.32. The summed E-state index contributed by atoms with van der Waals surface area (Å²) >= 11 is 0. The SMILES string of the molecule is COc1ccc(CNC(=O)CCN(c2ccccc2)S(C)(=O)=O)cc1. The Kier molecular flexibility index (Phi) is 6.41. The highest BCUT2D eigenvalue weighted by Gasteiger charge is 2.18. The van der Waals surface area contributed by atoms with Gasteiger partial charge in [0.2, 0.25) is 15.9 Å². The summed E-state index contributed by atoms with van der Waals surface area (Å²) in [6.45, 7) is 0.477. The zero-order chi connectivity index (χ0) is 18.3. The molecule has 134 valence electrons. The van der Waals surface area contributed by atoms with Crippen molar-refractivity contribution in [3.63, 3.8) is 0 Å². The predicted molar refractivity (Wildman–Crippen MR) is 98.1 cm³/mol. The summed E-state index contributed by atoms with van der Waals surface area (Å²) in [5.41, 5.74) is 1.49. The maximum absolute atomic E-state index is 12.0. The van der Waals surface area contributed by atoms with Crippen molar-refractivity contribution in [3.05, 3.63) is 60.2 Å². The van der Waals surface area contributed by atoms with Gasteiger partial charge in [-0.2, -0.15) is 0 Å². The van der Waals surface area contributed by atoms with Crippen LogP contribution < -0.4 is 14.4 Å². The lowest BCUT2D eigenvalue weighted by molar-refractivity contribution is -0.121. The van der Waals surface area contributed by atoms with Crippen LogP contribution in [0.1, 0.15) is 12.0 Å². The summed E-state index contributed by atoms with van der Waals surface area (Å²) in [4.78, 5) is 12.0. The molecule has 2 aromatic rings. The quantitative estimate of drug-likeness (QED) is 0.781. The van der Waals surface area contributed by atoms with Crippen molar-refractivity contribution in [2.75, 3.05) is 24.2 Å². The molecule has 0 unspecified atom stereocenters. The number of amides is 1. The Morgan fingerprint density at radius 1 is 1.08 bits per heavy atom. The average Bonchev–Trinajstić information content (AvgIpc) is 2.60. The Bertz CT molecular complexity index is 790. The van der Waals surface area contributed by atoms with Gasteiger partial charge in [0.05, 0.1) is 19.1 Å². The number of nitrogens with zero attached hydrogens (tertiary/aromatic N) is 1. The Morgan fingerprint density at radius 2 is 1.72 bits per heavy atom. The Labute approximate surface area is 148 Å². The number of nitrogens with one attached hydrogen (secondary N) is 1. The summed E-state index contributed by atoms with van der Waals surface area (Å²) < 4.78 is 30.3. The van der Waals surface area contributed by atoms with Crippen LogP contribution in [0.2, 0.25) is 0 Å². The van der Waals surface area contributed by atoms with Crippen LogP contribution in [-0.2, 0) is 21.4 Å². The zero-order valence-electron chi connectivity index (χ0n) is 14.3.